The Bertz CT molecular complexity index is 397. The summed E-state index contributed by atoms with van der Waals surface area (Å²) in [6.07, 6.45) is 4.66. The van der Waals surface area contributed by atoms with E-state index in [4.69, 9.17) is 16.7 Å². The predicted octanol–water partition coefficient (Wildman–Crippen LogP) is 3.26. The quantitative estimate of drug-likeness (QED) is 0.632. The van der Waals surface area contributed by atoms with Gasteiger partial charge in [0.25, 0.3) is 0 Å². The van der Waals surface area contributed by atoms with Crippen molar-refractivity contribution in [3.05, 3.63) is 41.0 Å². The molecule has 0 atom stereocenters. The number of carboxylic acids is 1. The van der Waals surface area contributed by atoms with E-state index in [1.165, 1.54) is 5.56 Å². The Labute approximate surface area is 101 Å². The number of alkyl halides is 1. The maximum absolute atomic E-state index is 10.4. The van der Waals surface area contributed by atoms with Crippen LogP contribution in [0.25, 0.3) is 6.08 Å². The molecule has 0 spiro atoms. The van der Waals surface area contributed by atoms with Gasteiger partial charge in [0.05, 0.1) is 0 Å². The molecule has 16 heavy (non-hydrogen) atoms. The van der Waals surface area contributed by atoms with Gasteiger partial charge in [0, 0.05) is 12.0 Å². The van der Waals surface area contributed by atoms with Crippen molar-refractivity contribution in [2.24, 2.45) is 0 Å². The fraction of sp³-hybridized carbons (Fsp3) is 0.308. The van der Waals surface area contributed by atoms with Crippen LogP contribution >= 0.6 is 11.6 Å². The molecule has 0 heterocycles. The van der Waals surface area contributed by atoms with Gasteiger partial charge in [0.15, 0.2) is 0 Å². The SMILES string of the molecule is Cc1c(/C=C/C(=O)O)cccc1CCCCl. The van der Waals surface area contributed by atoms with E-state index in [1.807, 2.05) is 19.1 Å². The molecule has 0 bridgehead atoms. The molecule has 1 N–H and O–H groups in total. The molecule has 0 aliphatic rings. The number of rotatable bonds is 5. The third-order valence-corrected chi connectivity index (χ3v) is 2.74. The summed E-state index contributed by atoms with van der Waals surface area (Å²) < 4.78 is 0. The fourth-order valence-corrected chi connectivity index (χ4v) is 1.71. The molecule has 0 amide bonds. The van der Waals surface area contributed by atoms with Gasteiger partial charge in [-0.25, -0.2) is 4.79 Å². The summed E-state index contributed by atoms with van der Waals surface area (Å²) in [5, 5.41) is 8.57. The van der Waals surface area contributed by atoms with Crippen molar-refractivity contribution in [2.75, 3.05) is 5.88 Å². The molecule has 2 nitrogen and oxygen atoms in total. The van der Waals surface area contributed by atoms with Gasteiger partial charge in [-0.2, -0.15) is 0 Å². The smallest absolute Gasteiger partial charge is 0.328 e. The number of aliphatic carboxylic acids is 1. The predicted molar refractivity (Wildman–Crippen MR) is 66.9 cm³/mol. The summed E-state index contributed by atoms with van der Waals surface area (Å²) in [4.78, 5) is 10.4. The molecule has 0 radical (unpaired) electrons. The Hall–Kier alpha value is -1.28. The monoisotopic (exact) mass is 238 g/mol. The molecule has 0 aromatic heterocycles. The highest BCUT2D eigenvalue weighted by Crippen LogP contribution is 2.17. The first-order chi connectivity index (χ1) is 7.65. The lowest BCUT2D eigenvalue weighted by Gasteiger charge is -2.07. The van der Waals surface area contributed by atoms with Crippen molar-refractivity contribution >= 4 is 23.6 Å². The van der Waals surface area contributed by atoms with Gasteiger partial charge in [0.1, 0.15) is 0 Å². The van der Waals surface area contributed by atoms with E-state index in [0.29, 0.717) is 5.88 Å². The Morgan fingerprint density at radius 3 is 2.88 bits per heavy atom. The van der Waals surface area contributed by atoms with E-state index < -0.39 is 5.97 Å². The normalized spacial score (nSPS) is 10.9. The number of hydrogen-bond acceptors (Lipinski definition) is 1. The number of hydrogen-bond donors (Lipinski definition) is 1. The number of halogens is 1. The molecule has 0 aliphatic heterocycles. The van der Waals surface area contributed by atoms with E-state index in [0.717, 1.165) is 30.0 Å². The molecule has 1 aromatic carbocycles. The van der Waals surface area contributed by atoms with Gasteiger partial charge in [-0.15, -0.1) is 11.6 Å². The van der Waals surface area contributed by atoms with Crippen molar-refractivity contribution in [1.82, 2.24) is 0 Å². The minimum absolute atomic E-state index is 0.647. The van der Waals surface area contributed by atoms with E-state index in [1.54, 1.807) is 6.08 Å². The van der Waals surface area contributed by atoms with Crippen LogP contribution in [0.4, 0.5) is 0 Å². The van der Waals surface area contributed by atoms with Gasteiger partial charge in [-0.05, 0) is 42.5 Å². The second-order valence-electron chi connectivity index (χ2n) is 3.60. The van der Waals surface area contributed by atoms with Crippen LogP contribution in [-0.2, 0) is 11.2 Å². The fourth-order valence-electron chi connectivity index (χ4n) is 1.57. The Morgan fingerprint density at radius 1 is 1.50 bits per heavy atom. The van der Waals surface area contributed by atoms with Gasteiger partial charge in [-0.3, -0.25) is 0 Å². The van der Waals surface area contributed by atoms with Crippen LogP contribution in [0, 0.1) is 6.92 Å². The van der Waals surface area contributed by atoms with Crippen molar-refractivity contribution in [1.29, 1.82) is 0 Å². The summed E-state index contributed by atoms with van der Waals surface area (Å²) in [6, 6.07) is 5.91. The van der Waals surface area contributed by atoms with Crippen LogP contribution < -0.4 is 0 Å². The largest absolute Gasteiger partial charge is 0.478 e. The van der Waals surface area contributed by atoms with Crippen molar-refractivity contribution < 1.29 is 9.90 Å². The van der Waals surface area contributed by atoms with Crippen LogP contribution in [0.2, 0.25) is 0 Å². The maximum atomic E-state index is 10.4. The molecule has 86 valence electrons. The molecular formula is C13H15ClO2. The van der Waals surface area contributed by atoms with Crippen molar-refractivity contribution in [2.45, 2.75) is 19.8 Å². The number of benzene rings is 1. The first kappa shape index (κ1) is 12.8. The van der Waals surface area contributed by atoms with Gasteiger partial charge >= 0.3 is 5.97 Å². The summed E-state index contributed by atoms with van der Waals surface area (Å²) in [7, 11) is 0. The Balaban J connectivity index is 2.90. The Kier molecular flexibility index (Phi) is 5.06. The first-order valence-electron chi connectivity index (χ1n) is 5.20. The van der Waals surface area contributed by atoms with Crippen LogP contribution in [0.3, 0.4) is 0 Å². The highest BCUT2D eigenvalue weighted by atomic mass is 35.5. The van der Waals surface area contributed by atoms with Crippen LogP contribution in [0.1, 0.15) is 23.1 Å². The minimum Gasteiger partial charge on any atom is -0.478 e. The van der Waals surface area contributed by atoms with Gasteiger partial charge in [-0.1, -0.05) is 18.2 Å². The molecule has 1 rings (SSSR count). The van der Waals surface area contributed by atoms with Crippen LogP contribution in [0.5, 0.6) is 0 Å². The Morgan fingerprint density at radius 2 is 2.25 bits per heavy atom. The van der Waals surface area contributed by atoms with Crippen LogP contribution in [0.15, 0.2) is 24.3 Å². The second-order valence-corrected chi connectivity index (χ2v) is 3.97. The molecular weight excluding hydrogens is 224 g/mol. The van der Waals surface area contributed by atoms with Crippen molar-refractivity contribution in [3.63, 3.8) is 0 Å². The average Bonchev–Trinajstić information content (AvgIpc) is 2.26. The summed E-state index contributed by atoms with van der Waals surface area (Å²) in [5.41, 5.74) is 3.31. The lowest BCUT2D eigenvalue weighted by atomic mass is 9.99. The molecule has 3 heteroatoms. The van der Waals surface area contributed by atoms with Gasteiger partial charge < -0.3 is 5.11 Å². The van der Waals surface area contributed by atoms with E-state index in [2.05, 4.69) is 6.07 Å². The summed E-state index contributed by atoms with van der Waals surface area (Å²) in [6.45, 7) is 2.01. The second kappa shape index (κ2) is 6.33. The number of carbonyl (C=O) groups is 1. The average molecular weight is 239 g/mol. The highest BCUT2D eigenvalue weighted by molar-refractivity contribution is 6.17. The molecule has 0 saturated carbocycles. The lowest BCUT2D eigenvalue weighted by Crippen LogP contribution is -1.94. The third-order valence-electron chi connectivity index (χ3n) is 2.47. The van der Waals surface area contributed by atoms with Gasteiger partial charge in [0.2, 0.25) is 0 Å². The molecule has 1 aromatic rings. The highest BCUT2D eigenvalue weighted by Gasteiger charge is 2.01. The molecule has 0 aliphatic carbocycles. The molecule has 0 fully saturated rings. The standard InChI is InChI=1S/C13H15ClO2/c1-10-11(6-3-9-14)4-2-5-12(10)7-8-13(15)16/h2,4-5,7-8H,3,6,9H2,1H3,(H,15,16)/b8-7+. The maximum Gasteiger partial charge on any atom is 0.328 e. The summed E-state index contributed by atoms with van der Waals surface area (Å²) >= 11 is 5.65. The van der Waals surface area contributed by atoms with Crippen molar-refractivity contribution in [3.8, 4) is 0 Å². The minimum atomic E-state index is -0.925. The van der Waals surface area contributed by atoms with E-state index in [9.17, 15) is 4.79 Å². The summed E-state index contributed by atoms with van der Waals surface area (Å²) in [5.74, 6) is -0.278. The topological polar surface area (TPSA) is 37.3 Å². The zero-order valence-corrected chi connectivity index (χ0v) is 10.00. The third kappa shape index (κ3) is 3.70. The first-order valence-corrected chi connectivity index (χ1v) is 5.74. The lowest BCUT2D eigenvalue weighted by molar-refractivity contribution is -0.131. The molecule has 0 saturated heterocycles. The number of carboxylic acid groups (broad SMARTS) is 1. The zero-order chi connectivity index (χ0) is 12.0. The van der Waals surface area contributed by atoms with E-state index >= 15 is 0 Å². The number of aryl methyl sites for hydroxylation is 1. The zero-order valence-electron chi connectivity index (χ0n) is 9.24. The van der Waals surface area contributed by atoms with Crippen LogP contribution in [-0.4, -0.2) is 17.0 Å². The van der Waals surface area contributed by atoms with E-state index in [-0.39, 0.29) is 0 Å². The molecule has 0 unspecified atom stereocenters.